The number of carbonyl (C=O) groups excluding carboxylic acids is 1. The van der Waals surface area contributed by atoms with Crippen LogP contribution in [0, 0.1) is 23.0 Å². The van der Waals surface area contributed by atoms with Crippen LogP contribution in [0.15, 0.2) is 18.2 Å². The van der Waals surface area contributed by atoms with Crippen molar-refractivity contribution in [3.63, 3.8) is 0 Å². The molecule has 108 valence electrons. The Morgan fingerprint density at radius 2 is 2.20 bits per heavy atom. The van der Waals surface area contributed by atoms with Crippen LogP contribution in [0.25, 0.3) is 0 Å². The summed E-state index contributed by atoms with van der Waals surface area (Å²) in [4.78, 5) is 24.6. The number of benzene rings is 1. The van der Waals surface area contributed by atoms with Crippen molar-refractivity contribution in [3.8, 4) is 0 Å². The molecule has 1 aliphatic rings. The van der Waals surface area contributed by atoms with Crippen molar-refractivity contribution >= 4 is 11.6 Å². The molecule has 1 unspecified atom stereocenters. The topological polar surface area (TPSA) is 89.5 Å². The van der Waals surface area contributed by atoms with Gasteiger partial charge < -0.3 is 10.6 Å². The molecule has 1 aromatic rings. The molecule has 1 amide bonds. The van der Waals surface area contributed by atoms with E-state index in [0.29, 0.717) is 12.5 Å². The second-order valence-corrected chi connectivity index (χ2v) is 5.33. The standard InChI is InChI=1S/C14H19N3O3/c1-9-3-6-12(17(19)20)11(7-9)14(18)16(2)13(8-15)10-4-5-10/h3,6-7,10,13H,4-5,8,15H2,1-2H3. The molecule has 1 aliphatic carbocycles. The normalized spacial score (nSPS) is 15.8. The van der Waals surface area contributed by atoms with Crippen LogP contribution in [0.3, 0.4) is 0 Å². The predicted molar refractivity (Wildman–Crippen MR) is 75.5 cm³/mol. The molecule has 2 N–H and O–H groups in total. The minimum absolute atomic E-state index is 0.0392. The van der Waals surface area contributed by atoms with E-state index in [2.05, 4.69) is 0 Å². The lowest BCUT2D eigenvalue weighted by atomic mass is 10.1. The third-order valence-corrected chi connectivity index (χ3v) is 3.80. The molecule has 0 radical (unpaired) electrons. The van der Waals surface area contributed by atoms with E-state index in [4.69, 9.17) is 5.73 Å². The zero-order chi connectivity index (χ0) is 14.9. The monoisotopic (exact) mass is 277 g/mol. The number of nitro benzene ring substituents is 1. The van der Waals surface area contributed by atoms with Crippen LogP contribution >= 0.6 is 0 Å². The van der Waals surface area contributed by atoms with Crippen molar-refractivity contribution in [1.29, 1.82) is 0 Å². The first-order chi connectivity index (χ1) is 9.45. The maximum Gasteiger partial charge on any atom is 0.282 e. The van der Waals surface area contributed by atoms with Crippen molar-refractivity contribution in [2.45, 2.75) is 25.8 Å². The molecular weight excluding hydrogens is 258 g/mol. The van der Waals surface area contributed by atoms with Gasteiger partial charge in [-0.1, -0.05) is 6.07 Å². The second-order valence-electron chi connectivity index (χ2n) is 5.33. The van der Waals surface area contributed by atoms with Crippen LogP contribution in [0.5, 0.6) is 0 Å². The predicted octanol–water partition coefficient (Wildman–Crippen LogP) is 1.71. The average molecular weight is 277 g/mol. The minimum Gasteiger partial charge on any atom is -0.337 e. The van der Waals surface area contributed by atoms with Crippen molar-refractivity contribution < 1.29 is 9.72 Å². The van der Waals surface area contributed by atoms with Gasteiger partial charge in [-0.05, 0) is 37.3 Å². The molecule has 0 heterocycles. The molecule has 20 heavy (non-hydrogen) atoms. The zero-order valence-electron chi connectivity index (χ0n) is 11.7. The lowest BCUT2D eigenvalue weighted by molar-refractivity contribution is -0.385. The summed E-state index contributed by atoms with van der Waals surface area (Å²) in [6, 6.07) is 4.54. The summed E-state index contributed by atoms with van der Waals surface area (Å²) in [5, 5.41) is 11.1. The maximum absolute atomic E-state index is 12.5. The molecule has 6 heteroatoms. The Morgan fingerprint density at radius 3 is 2.70 bits per heavy atom. The van der Waals surface area contributed by atoms with Crippen LogP contribution in [0.1, 0.15) is 28.8 Å². The smallest absolute Gasteiger partial charge is 0.282 e. The molecule has 0 aliphatic heterocycles. The van der Waals surface area contributed by atoms with Crippen molar-refractivity contribution in [1.82, 2.24) is 4.90 Å². The first-order valence-electron chi connectivity index (χ1n) is 6.68. The van der Waals surface area contributed by atoms with Gasteiger partial charge in [-0.25, -0.2) is 0 Å². The fraction of sp³-hybridized carbons (Fsp3) is 0.500. The highest BCUT2D eigenvalue weighted by Crippen LogP contribution is 2.35. The Morgan fingerprint density at radius 1 is 1.55 bits per heavy atom. The number of hydrogen-bond acceptors (Lipinski definition) is 4. The van der Waals surface area contributed by atoms with Crippen molar-refractivity contribution in [3.05, 3.63) is 39.4 Å². The van der Waals surface area contributed by atoms with Crippen LogP contribution in [0.2, 0.25) is 0 Å². The number of likely N-dealkylation sites (N-methyl/N-ethyl adjacent to an activating group) is 1. The molecular formula is C14H19N3O3. The van der Waals surface area contributed by atoms with E-state index in [1.165, 1.54) is 6.07 Å². The van der Waals surface area contributed by atoms with Crippen LogP contribution in [-0.4, -0.2) is 35.4 Å². The molecule has 6 nitrogen and oxygen atoms in total. The summed E-state index contributed by atoms with van der Waals surface area (Å²) in [5.41, 5.74) is 6.53. The molecule has 1 fully saturated rings. The molecule has 0 bridgehead atoms. The highest BCUT2D eigenvalue weighted by molar-refractivity contribution is 5.98. The van der Waals surface area contributed by atoms with Gasteiger partial charge in [0, 0.05) is 25.7 Å². The van der Waals surface area contributed by atoms with Gasteiger partial charge in [0.15, 0.2) is 0 Å². The number of aryl methyl sites for hydroxylation is 1. The highest BCUT2D eigenvalue weighted by Gasteiger charge is 2.36. The number of nitro groups is 1. The SMILES string of the molecule is Cc1ccc([N+](=O)[O-])c(C(=O)N(C)C(CN)C2CC2)c1. The molecule has 1 saturated carbocycles. The quantitative estimate of drug-likeness (QED) is 0.655. The Bertz CT molecular complexity index is 540. The third kappa shape index (κ3) is 2.80. The van der Waals surface area contributed by atoms with E-state index in [9.17, 15) is 14.9 Å². The number of rotatable bonds is 5. The number of amides is 1. The van der Waals surface area contributed by atoms with E-state index in [-0.39, 0.29) is 23.2 Å². The average Bonchev–Trinajstić information content (AvgIpc) is 3.22. The first kappa shape index (κ1) is 14.5. The summed E-state index contributed by atoms with van der Waals surface area (Å²) < 4.78 is 0. The van der Waals surface area contributed by atoms with E-state index >= 15 is 0 Å². The summed E-state index contributed by atoms with van der Waals surface area (Å²) in [5.74, 6) is 0.0977. The van der Waals surface area contributed by atoms with Crippen molar-refractivity contribution in [2.75, 3.05) is 13.6 Å². The van der Waals surface area contributed by atoms with Gasteiger partial charge in [-0.15, -0.1) is 0 Å². The molecule has 1 aromatic carbocycles. The Hall–Kier alpha value is -1.95. The fourth-order valence-corrected chi connectivity index (χ4v) is 2.47. The van der Waals surface area contributed by atoms with Gasteiger partial charge in [0.2, 0.25) is 0 Å². The molecule has 1 atom stereocenters. The summed E-state index contributed by atoms with van der Waals surface area (Å²) >= 11 is 0. The lowest BCUT2D eigenvalue weighted by Gasteiger charge is -2.27. The number of hydrogen-bond donors (Lipinski definition) is 1. The van der Waals surface area contributed by atoms with Crippen molar-refractivity contribution in [2.24, 2.45) is 11.7 Å². The molecule has 2 rings (SSSR count). The van der Waals surface area contributed by atoms with E-state index in [0.717, 1.165) is 18.4 Å². The number of nitrogens with two attached hydrogens (primary N) is 1. The van der Waals surface area contributed by atoms with Crippen LogP contribution < -0.4 is 5.73 Å². The molecule has 0 spiro atoms. The third-order valence-electron chi connectivity index (χ3n) is 3.80. The Kier molecular flexibility index (Phi) is 4.04. The van der Waals surface area contributed by atoms with Crippen LogP contribution in [-0.2, 0) is 0 Å². The molecule has 0 aromatic heterocycles. The Balaban J connectivity index is 2.32. The van der Waals surface area contributed by atoms with Crippen LogP contribution in [0.4, 0.5) is 5.69 Å². The maximum atomic E-state index is 12.5. The van der Waals surface area contributed by atoms with E-state index < -0.39 is 4.92 Å². The fourth-order valence-electron chi connectivity index (χ4n) is 2.47. The Labute approximate surface area is 117 Å². The summed E-state index contributed by atoms with van der Waals surface area (Å²) in [6.07, 6.45) is 2.13. The summed E-state index contributed by atoms with van der Waals surface area (Å²) in [6.45, 7) is 2.19. The van der Waals surface area contributed by atoms with Gasteiger partial charge >= 0.3 is 0 Å². The first-order valence-corrected chi connectivity index (χ1v) is 6.68. The largest absolute Gasteiger partial charge is 0.337 e. The molecule has 0 saturated heterocycles. The lowest BCUT2D eigenvalue weighted by Crippen LogP contribution is -2.43. The van der Waals surface area contributed by atoms with Gasteiger partial charge in [-0.2, -0.15) is 0 Å². The van der Waals surface area contributed by atoms with Gasteiger partial charge in [0.05, 0.1) is 4.92 Å². The second kappa shape index (κ2) is 5.58. The number of carbonyl (C=O) groups is 1. The minimum atomic E-state index is -0.519. The van der Waals surface area contributed by atoms with E-state index in [1.54, 1.807) is 24.1 Å². The van der Waals surface area contributed by atoms with Gasteiger partial charge in [-0.3, -0.25) is 14.9 Å². The summed E-state index contributed by atoms with van der Waals surface area (Å²) in [7, 11) is 1.67. The van der Waals surface area contributed by atoms with Gasteiger partial charge in [0.25, 0.3) is 11.6 Å². The van der Waals surface area contributed by atoms with E-state index in [1.807, 2.05) is 6.92 Å². The highest BCUT2D eigenvalue weighted by atomic mass is 16.6. The zero-order valence-corrected chi connectivity index (χ0v) is 11.7. The van der Waals surface area contributed by atoms with Gasteiger partial charge in [0.1, 0.15) is 5.56 Å². The number of nitrogens with zero attached hydrogens (tertiary/aromatic N) is 2.